The zero-order valence-electron chi connectivity index (χ0n) is 12.9. The van der Waals surface area contributed by atoms with Gasteiger partial charge in [-0.25, -0.2) is 4.79 Å². The minimum Gasteiger partial charge on any atom is -0.444 e. The fourth-order valence-corrected chi connectivity index (χ4v) is 3.55. The smallest absolute Gasteiger partial charge is 0.410 e. The van der Waals surface area contributed by atoms with Gasteiger partial charge in [-0.1, -0.05) is 22.4 Å². The summed E-state index contributed by atoms with van der Waals surface area (Å²) in [6.07, 6.45) is 4.80. The summed E-state index contributed by atoms with van der Waals surface area (Å²) < 4.78 is 5.49. The number of nitrogens with zero attached hydrogens (tertiary/aromatic N) is 2. The van der Waals surface area contributed by atoms with Crippen molar-refractivity contribution in [2.24, 2.45) is 0 Å². The molecule has 4 nitrogen and oxygen atoms in total. The Morgan fingerprint density at radius 3 is 2.50 bits per heavy atom. The lowest BCUT2D eigenvalue weighted by Crippen LogP contribution is -2.50. The largest absolute Gasteiger partial charge is 0.444 e. The predicted octanol–water partition coefficient (Wildman–Crippen LogP) is 3.25. The molecule has 2 rings (SSSR count). The van der Waals surface area contributed by atoms with Crippen LogP contribution in [-0.2, 0) is 4.74 Å². The summed E-state index contributed by atoms with van der Waals surface area (Å²) in [6, 6.07) is 0.919. The molecule has 2 bridgehead atoms. The third-order valence-electron chi connectivity index (χ3n) is 4.06. The van der Waals surface area contributed by atoms with E-state index in [1.54, 1.807) is 0 Å². The molecule has 0 aromatic heterocycles. The number of amides is 1. The summed E-state index contributed by atoms with van der Waals surface area (Å²) in [6.45, 7) is 8.83. The lowest BCUT2D eigenvalue weighted by atomic mass is 10.2. The van der Waals surface area contributed by atoms with Gasteiger partial charge in [-0.05, 0) is 46.6 Å². The Balaban J connectivity index is 1.75. The maximum atomic E-state index is 12.1. The maximum Gasteiger partial charge on any atom is 0.410 e. The average molecular weight is 347 g/mol. The van der Waals surface area contributed by atoms with Crippen LogP contribution in [0.1, 0.15) is 46.5 Å². The van der Waals surface area contributed by atoms with Gasteiger partial charge >= 0.3 is 6.09 Å². The number of unbranched alkanes of at least 4 members (excludes halogenated alkanes) is 2. The summed E-state index contributed by atoms with van der Waals surface area (Å²) in [4.78, 5) is 16.6. The molecule has 0 aromatic rings. The van der Waals surface area contributed by atoms with E-state index < -0.39 is 5.60 Å². The number of ether oxygens (including phenoxy) is 1. The second kappa shape index (κ2) is 6.65. The van der Waals surface area contributed by atoms with Crippen molar-refractivity contribution in [2.75, 3.05) is 25.0 Å². The number of carbonyl (C=O) groups excluding carboxylic acids is 1. The van der Waals surface area contributed by atoms with Crippen molar-refractivity contribution in [1.82, 2.24) is 9.80 Å². The molecule has 2 saturated heterocycles. The molecule has 2 heterocycles. The number of rotatable bonds is 5. The molecule has 0 saturated carbocycles. The standard InChI is InChI=1S/C15H27BrN2O2/c1-15(2,3)20-14(19)18-11-12-9-13(18)10-17(12)8-6-4-5-7-16/h12-13H,4-11H2,1-3H3. The first-order chi connectivity index (χ1) is 9.40. The molecule has 2 unspecified atom stereocenters. The predicted molar refractivity (Wildman–Crippen MR) is 84.4 cm³/mol. The summed E-state index contributed by atoms with van der Waals surface area (Å²) in [5.74, 6) is 0. The van der Waals surface area contributed by atoms with Crippen molar-refractivity contribution in [3.63, 3.8) is 0 Å². The highest BCUT2D eigenvalue weighted by Gasteiger charge is 2.45. The van der Waals surface area contributed by atoms with Crippen LogP contribution in [0.15, 0.2) is 0 Å². The van der Waals surface area contributed by atoms with Gasteiger partial charge in [0.25, 0.3) is 0 Å². The number of hydrogen-bond acceptors (Lipinski definition) is 3. The van der Waals surface area contributed by atoms with Crippen molar-refractivity contribution in [3.8, 4) is 0 Å². The molecule has 0 radical (unpaired) electrons. The molecule has 0 N–H and O–H groups in total. The van der Waals surface area contributed by atoms with Crippen LogP contribution in [0, 0.1) is 0 Å². The Hall–Kier alpha value is -0.290. The number of piperazine rings is 1. The van der Waals surface area contributed by atoms with Crippen LogP contribution >= 0.6 is 15.9 Å². The van der Waals surface area contributed by atoms with Gasteiger partial charge in [-0.15, -0.1) is 0 Å². The number of likely N-dealkylation sites (tertiary alicyclic amines) is 2. The molecule has 2 fully saturated rings. The molecular weight excluding hydrogens is 320 g/mol. The lowest BCUT2D eigenvalue weighted by Gasteiger charge is -2.35. The van der Waals surface area contributed by atoms with E-state index in [1.165, 1.54) is 25.8 Å². The molecule has 0 spiro atoms. The van der Waals surface area contributed by atoms with Crippen molar-refractivity contribution < 1.29 is 9.53 Å². The Labute approximate surface area is 130 Å². The Kier molecular flexibility index (Phi) is 5.35. The third-order valence-corrected chi connectivity index (χ3v) is 4.62. The van der Waals surface area contributed by atoms with Crippen LogP contribution in [-0.4, -0.2) is 58.5 Å². The summed E-state index contributed by atoms with van der Waals surface area (Å²) >= 11 is 3.47. The van der Waals surface area contributed by atoms with E-state index in [-0.39, 0.29) is 6.09 Å². The van der Waals surface area contributed by atoms with Crippen molar-refractivity contribution >= 4 is 22.0 Å². The molecule has 2 aliphatic rings. The molecule has 5 heteroatoms. The molecule has 20 heavy (non-hydrogen) atoms. The van der Waals surface area contributed by atoms with Crippen LogP contribution in [0.4, 0.5) is 4.79 Å². The van der Waals surface area contributed by atoms with Crippen LogP contribution < -0.4 is 0 Å². The van der Waals surface area contributed by atoms with Gasteiger partial charge in [-0.2, -0.15) is 0 Å². The second-order valence-electron chi connectivity index (χ2n) is 6.92. The van der Waals surface area contributed by atoms with Crippen LogP contribution in [0.2, 0.25) is 0 Å². The van der Waals surface area contributed by atoms with Gasteiger partial charge < -0.3 is 9.64 Å². The van der Waals surface area contributed by atoms with Crippen LogP contribution in [0.25, 0.3) is 0 Å². The zero-order chi connectivity index (χ0) is 14.8. The number of carbonyl (C=O) groups is 1. The normalized spacial score (nSPS) is 26.3. The van der Waals surface area contributed by atoms with E-state index in [9.17, 15) is 4.79 Å². The molecule has 2 aliphatic heterocycles. The SMILES string of the molecule is CC(C)(C)OC(=O)N1CC2CC1CN2CCCCCBr. The fourth-order valence-electron chi connectivity index (χ4n) is 3.15. The van der Waals surface area contributed by atoms with E-state index in [4.69, 9.17) is 4.74 Å². The number of fused-ring (bicyclic) bond motifs is 2. The Bertz CT molecular complexity index is 343. The minimum absolute atomic E-state index is 0.135. The number of hydrogen-bond donors (Lipinski definition) is 0. The van der Waals surface area contributed by atoms with Crippen LogP contribution in [0.5, 0.6) is 0 Å². The average Bonchev–Trinajstić information content (AvgIpc) is 2.92. The first-order valence-corrected chi connectivity index (χ1v) is 8.82. The Morgan fingerprint density at radius 2 is 1.95 bits per heavy atom. The molecular formula is C15H27BrN2O2. The third kappa shape index (κ3) is 4.10. The van der Waals surface area contributed by atoms with E-state index in [1.807, 2.05) is 25.7 Å². The zero-order valence-corrected chi connectivity index (χ0v) is 14.5. The maximum absolute atomic E-state index is 12.1. The van der Waals surface area contributed by atoms with E-state index in [0.29, 0.717) is 12.1 Å². The monoisotopic (exact) mass is 346 g/mol. The Morgan fingerprint density at radius 1 is 1.20 bits per heavy atom. The van der Waals surface area contributed by atoms with Gasteiger partial charge in [0.05, 0.1) is 0 Å². The van der Waals surface area contributed by atoms with Gasteiger partial charge in [0, 0.05) is 30.5 Å². The van der Waals surface area contributed by atoms with Gasteiger partial charge in [0.2, 0.25) is 0 Å². The van der Waals surface area contributed by atoms with E-state index in [0.717, 1.165) is 24.8 Å². The van der Waals surface area contributed by atoms with Gasteiger partial charge in [0.15, 0.2) is 0 Å². The topological polar surface area (TPSA) is 32.8 Å². The van der Waals surface area contributed by atoms with E-state index >= 15 is 0 Å². The number of halogens is 1. The first kappa shape index (κ1) is 16.1. The lowest BCUT2D eigenvalue weighted by molar-refractivity contribution is 0.0129. The second-order valence-corrected chi connectivity index (χ2v) is 7.71. The van der Waals surface area contributed by atoms with Crippen LogP contribution in [0.3, 0.4) is 0 Å². The summed E-state index contributed by atoms with van der Waals surface area (Å²) in [7, 11) is 0. The van der Waals surface area contributed by atoms with Crippen molar-refractivity contribution in [1.29, 1.82) is 0 Å². The molecule has 0 aliphatic carbocycles. The quantitative estimate of drug-likeness (QED) is 0.565. The van der Waals surface area contributed by atoms with Gasteiger partial charge in [-0.3, -0.25) is 4.90 Å². The molecule has 0 aromatic carbocycles. The summed E-state index contributed by atoms with van der Waals surface area (Å²) in [5, 5.41) is 1.10. The molecule has 1 amide bonds. The summed E-state index contributed by atoms with van der Waals surface area (Å²) in [5.41, 5.74) is -0.395. The minimum atomic E-state index is -0.395. The highest BCUT2D eigenvalue weighted by molar-refractivity contribution is 9.09. The van der Waals surface area contributed by atoms with Crippen molar-refractivity contribution in [3.05, 3.63) is 0 Å². The number of alkyl halides is 1. The molecule has 2 atom stereocenters. The highest BCUT2D eigenvalue weighted by atomic mass is 79.9. The highest BCUT2D eigenvalue weighted by Crippen LogP contribution is 2.32. The van der Waals surface area contributed by atoms with E-state index in [2.05, 4.69) is 20.8 Å². The fraction of sp³-hybridized carbons (Fsp3) is 0.933. The first-order valence-electron chi connectivity index (χ1n) is 7.70. The van der Waals surface area contributed by atoms with Gasteiger partial charge in [0.1, 0.15) is 5.60 Å². The van der Waals surface area contributed by atoms with Crippen molar-refractivity contribution in [2.45, 2.75) is 64.1 Å². The molecule has 116 valence electrons.